The second-order valence-corrected chi connectivity index (χ2v) is 10.7. The molecule has 2 heterocycles. The van der Waals surface area contributed by atoms with Crippen LogP contribution in [0.15, 0.2) is 58.5 Å². The number of piperazine rings is 1. The van der Waals surface area contributed by atoms with Crippen LogP contribution in [0.4, 0.5) is 32.0 Å². The van der Waals surface area contributed by atoms with Crippen LogP contribution in [-0.4, -0.2) is 68.1 Å². The maximum Gasteiger partial charge on any atom is 0.418 e. The Morgan fingerprint density at radius 1 is 0.974 bits per heavy atom. The highest BCUT2D eigenvalue weighted by molar-refractivity contribution is 7.99. The summed E-state index contributed by atoms with van der Waals surface area (Å²) < 4.78 is 90.4. The number of halogens is 6. The monoisotopic (exact) mass is 573 g/mol. The number of rotatable bonds is 7. The molecule has 0 unspecified atom stereocenters. The number of ether oxygens (including phenoxy) is 1. The number of carbonyl (C=O) groups excluding carboxylic acids is 1. The summed E-state index contributed by atoms with van der Waals surface area (Å²) in [4.78, 5) is 16.3. The molecule has 2 aromatic rings. The summed E-state index contributed by atoms with van der Waals surface area (Å²) in [7, 11) is 1.92. The van der Waals surface area contributed by atoms with Gasteiger partial charge < -0.3 is 19.9 Å². The number of allylic oxidation sites excluding steroid dienone is 1. The molecule has 0 aromatic heterocycles. The fourth-order valence-corrected chi connectivity index (χ4v) is 5.58. The van der Waals surface area contributed by atoms with Gasteiger partial charge >= 0.3 is 12.4 Å². The highest BCUT2D eigenvalue weighted by Gasteiger charge is 2.47. The van der Waals surface area contributed by atoms with Gasteiger partial charge in [-0.3, -0.25) is 4.79 Å². The Kier molecular flexibility index (Phi) is 9.18. The average Bonchev–Trinajstić information content (AvgIpc) is 2.87. The third kappa shape index (κ3) is 7.70. The number of benzene rings is 2. The molecule has 2 aliphatic rings. The molecule has 5 nitrogen and oxygen atoms in total. The summed E-state index contributed by atoms with van der Waals surface area (Å²) in [6, 6.07) is 8.42. The molecule has 0 bridgehead atoms. The summed E-state index contributed by atoms with van der Waals surface area (Å²) >= 11 is 0.577. The molecule has 2 saturated heterocycles. The molecule has 0 spiro atoms. The predicted molar refractivity (Wildman–Crippen MR) is 137 cm³/mol. The average molecular weight is 574 g/mol. The lowest BCUT2D eigenvalue weighted by molar-refractivity contribution is -0.163. The third-order valence-corrected chi connectivity index (χ3v) is 7.68. The number of nitrogens with zero attached hydrogens (tertiary/aromatic N) is 2. The summed E-state index contributed by atoms with van der Waals surface area (Å²) in [5.74, 6) is -1.13. The second kappa shape index (κ2) is 12.2. The Bertz CT molecular complexity index is 1190. The van der Waals surface area contributed by atoms with Crippen LogP contribution in [0.1, 0.15) is 34.3 Å². The van der Waals surface area contributed by atoms with Crippen LogP contribution >= 0.6 is 11.8 Å². The Labute approximate surface area is 227 Å². The highest BCUT2D eigenvalue weighted by Crippen LogP contribution is 2.48. The van der Waals surface area contributed by atoms with Gasteiger partial charge in [-0.2, -0.15) is 26.3 Å². The van der Waals surface area contributed by atoms with E-state index in [1.54, 1.807) is 23.1 Å². The van der Waals surface area contributed by atoms with Gasteiger partial charge in [0.05, 0.1) is 11.1 Å². The van der Waals surface area contributed by atoms with E-state index in [1.165, 1.54) is 12.3 Å². The van der Waals surface area contributed by atoms with Crippen LogP contribution in [0.3, 0.4) is 0 Å². The van der Waals surface area contributed by atoms with Crippen LogP contribution in [0.2, 0.25) is 0 Å². The lowest BCUT2D eigenvalue weighted by Gasteiger charge is -2.31. The van der Waals surface area contributed by atoms with Crippen molar-refractivity contribution in [1.82, 2.24) is 9.80 Å². The van der Waals surface area contributed by atoms with Gasteiger partial charge in [0, 0.05) is 78.8 Å². The first-order valence-electron chi connectivity index (χ1n) is 12.5. The van der Waals surface area contributed by atoms with Gasteiger partial charge in [-0.25, -0.2) is 0 Å². The maximum atomic E-state index is 14.2. The minimum absolute atomic E-state index is 0.130. The molecule has 39 heavy (non-hydrogen) atoms. The van der Waals surface area contributed by atoms with E-state index in [-0.39, 0.29) is 6.04 Å². The minimum atomic E-state index is -5.40. The summed E-state index contributed by atoms with van der Waals surface area (Å²) in [5, 5.41) is 3.30. The number of carbonyl (C=O) groups is 1. The van der Waals surface area contributed by atoms with Crippen molar-refractivity contribution < 1.29 is 35.9 Å². The van der Waals surface area contributed by atoms with Gasteiger partial charge in [-0.15, -0.1) is 0 Å². The summed E-state index contributed by atoms with van der Waals surface area (Å²) in [5.41, 5.74) is -4.21. The number of alkyl halides is 6. The van der Waals surface area contributed by atoms with Crippen LogP contribution < -0.4 is 5.32 Å². The van der Waals surface area contributed by atoms with Gasteiger partial charge in [0.1, 0.15) is 0 Å². The van der Waals surface area contributed by atoms with Crippen molar-refractivity contribution in [2.24, 2.45) is 0 Å². The van der Waals surface area contributed by atoms with Crippen molar-refractivity contribution in [2.75, 3.05) is 51.8 Å². The molecule has 0 aliphatic carbocycles. The fraction of sp³-hybridized carbons (Fsp3) is 0.444. The van der Waals surface area contributed by atoms with Crippen molar-refractivity contribution in [3.05, 3.63) is 65.4 Å². The molecule has 0 atom stereocenters. The lowest BCUT2D eigenvalue weighted by Crippen LogP contribution is -2.41. The molecule has 2 aliphatic heterocycles. The lowest BCUT2D eigenvalue weighted by atomic mass is 9.96. The Balaban J connectivity index is 1.65. The third-order valence-electron chi connectivity index (χ3n) is 6.63. The fourth-order valence-electron chi connectivity index (χ4n) is 4.54. The molecule has 12 heteroatoms. The number of ketones is 1. The quantitative estimate of drug-likeness (QED) is 0.235. The zero-order chi connectivity index (χ0) is 28.2. The molecule has 0 radical (unpaired) electrons. The molecule has 2 aromatic carbocycles. The summed E-state index contributed by atoms with van der Waals surface area (Å²) in [6.45, 7) is 3.69. The molecule has 0 saturated carbocycles. The van der Waals surface area contributed by atoms with Crippen molar-refractivity contribution in [3.8, 4) is 0 Å². The normalized spacial score (nSPS) is 18.1. The van der Waals surface area contributed by atoms with Crippen molar-refractivity contribution in [2.45, 2.75) is 41.0 Å². The predicted octanol–water partition coefficient (Wildman–Crippen LogP) is 6.41. The number of hydrogen-bond acceptors (Lipinski definition) is 6. The highest BCUT2D eigenvalue weighted by atomic mass is 32.2. The first-order valence-corrected chi connectivity index (χ1v) is 13.3. The van der Waals surface area contributed by atoms with Gasteiger partial charge in [0.2, 0.25) is 0 Å². The standard InChI is InChI=1S/C27H29F6N3O2S/c1-35-11-13-36(14-12-35)10-7-22(37)21-5-6-23(25(27(31,32)33)24(21)26(28,29)30)39-20-4-2-3-19(17-20)34-18-8-15-38-16-9-18/h2-7,10,17-18,34H,8-9,11-16H2,1H3. The smallest absolute Gasteiger partial charge is 0.382 e. The number of anilines is 1. The molecule has 0 amide bonds. The van der Waals surface area contributed by atoms with E-state index in [4.69, 9.17) is 4.74 Å². The molecule has 212 valence electrons. The second-order valence-electron chi connectivity index (χ2n) is 9.54. The van der Waals surface area contributed by atoms with Gasteiger partial charge in [-0.05, 0) is 50.2 Å². The largest absolute Gasteiger partial charge is 0.418 e. The molecule has 4 rings (SSSR count). The molecule has 2 fully saturated rings. The van der Waals surface area contributed by atoms with Crippen LogP contribution in [-0.2, 0) is 17.1 Å². The first-order chi connectivity index (χ1) is 18.4. The zero-order valence-corrected chi connectivity index (χ0v) is 22.1. The molecular formula is C27H29F6N3O2S. The first kappa shape index (κ1) is 29.3. The van der Waals surface area contributed by atoms with Gasteiger partial charge in [0.25, 0.3) is 0 Å². The van der Waals surface area contributed by atoms with Crippen LogP contribution in [0.5, 0.6) is 0 Å². The Hall–Kier alpha value is -2.70. The SMILES string of the molecule is CN1CCN(C=CC(=O)c2ccc(Sc3cccc(NC4CCOCC4)c3)c(C(F)(F)F)c2C(F)(F)F)CC1. The topological polar surface area (TPSA) is 44.8 Å². The minimum Gasteiger partial charge on any atom is -0.382 e. The zero-order valence-electron chi connectivity index (χ0n) is 21.2. The summed E-state index contributed by atoms with van der Waals surface area (Å²) in [6.07, 6.45) is -6.95. The molecular weight excluding hydrogens is 544 g/mol. The van der Waals surface area contributed by atoms with Crippen molar-refractivity contribution >= 4 is 23.2 Å². The van der Waals surface area contributed by atoms with E-state index in [2.05, 4.69) is 10.2 Å². The van der Waals surface area contributed by atoms with E-state index in [1.807, 2.05) is 7.05 Å². The van der Waals surface area contributed by atoms with E-state index < -0.39 is 39.7 Å². The van der Waals surface area contributed by atoms with Crippen molar-refractivity contribution in [1.29, 1.82) is 0 Å². The Morgan fingerprint density at radius 2 is 1.64 bits per heavy atom. The van der Waals surface area contributed by atoms with E-state index >= 15 is 0 Å². The number of nitrogens with one attached hydrogen (secondary N) is 1. The number of likely N-dealkylation sites (N-methyl/N-ethyl adjacent to an activating group) is 1. The Morgan fingerprint density at radius 3 is 2.28 bits per heavy atom. The van der Waals surface area contributed by atoms with Crippen molar-refractivity contribution in [3.63, 3.8) is 0 Å². The molecule has 1 N–H and O–H groups in total. The van der Waals surface area contributed by atoms with E-state index in [0.717, 1.165) is 31.1 Å². The maximum absolute atomic E-state index is 14.2. The van der Waals surface area contributed by atoms with E-state index in [0.29, 0.717) is 61.7 Å². The number of hydrogen-bond donors (Lipinski definition) is 1. The van der Waals surface area contributed by atoms with E-state index in [9.17, 15) is 31.1 Å². The van der Waals surface area contributed by atoms with Gasteiger partial charge in [0.15, 0.2) is 5.78 Å². The van der Waals surface area contributed by atoms with Gasteiger partial charge in [-0.1, -0.05) is 17.8 Å². The van der Waals surface area contributed by atoms with Crippen LogP contribution in [0, 0.1) is 0 Å². The van der Waals surface area contributed by atoms with Crippen LogP contribution in [0.25, 0.3) is 0 Å².